The van der Waals surface area contributed by atoms with Crippen molar-refractivity contribution in [2.75, 3.05) is 4.72 Å². The van der Waals surface area contributed by atoms with Crippen molar-refractivity contribution in [3.05, 3.63) is 34.4 Å². The van der Waals surface area contributed by atoms with Gasteiger partial charge in [0.15, 0.2) is 0 Å². The summed E-state index contributed by atoms with van der Waals surface area (Å²) in [7, 11) is -2.00. The number of anilines is 1. The van der Waals surface area contributed by atoms with Crippen LogP contribution in [0.15, 0.2) is 17.0 Å². The van der Waals surface area contributed by atoms with E-state index in [1.807, 2.05) is 0 Å². The summed E-state index contributed by atoms with van der Waals surface area (Å²) in [6, 6.07) is 3.12. The number of halogens is 1. The van der Waals surface area contributed by atoms with E-state index in [-0.39, 0.29) is 4.90 Å². The van der Waals surface area contributed by atoms with Gasteiger partial charge in [0.2, 0.25) is 0 Å². The molecule has 0 unspecified atom stereocenters. The Bertz CT molecular complexity index is 768. The van der Waals surface area contributed by atoms with Crippen LogP contribution in [0.2, 0.25) is 5.15 Å². The summed E-state index contributed by atoms with van der Waals surface area (Å²) in [6.07, 6.45) is 0. The fourth-order valence-electron chi connectivity index (χ4n) is 1.98. The van der Waals surface area contributed by atoms with Crippen LogP contribution in [0.25, 0.3) is 0 Å². The van der Waals surface area contributed by atoms with Crippen molar-refractivity contribution in [3.63, 3.8) is 0 Å². The molecular formula is C12H15ClN4O2S. The Hall–Kier alpha value is -1.60. The minimum Gasteiger partial charge on any atom is -0.278 e. The van der Waals surface area contributed by atoms with Gasteiger partial charge in [-0.2, -0.15) is 5.10 Å². The van der Waals surface area contributed by atoms with Gasteiger partial charge in [0.25, 0.3) is 10.0 Å². The molecule has 20 heavy (non-hydrogen) atoms. The normalized spacial score (nSPS) is 11.7. The molecule has 0 aliphatic rings. The molecule has 0 aromatic carbocycles. The van der Waals surface area contributed by atoms with Gasteiger partial charge in [0, 0.05) is 7.05 Å². The average molecular weight is 315 g/mol. The molecule has 0 amide bonds. The fraction of sp³-hybridized carbons (Fsp3) is 0.333. The zero-order chi connectivity index (χ0) is 15.1. The molecule has 2 rings (SSSR count). The van der Waals surface area contributed by atoms with Crippen molar-refractivity contribution in [1.82, 2.24) is 14.8 Å². The van der Waals surface area contributed by atoms with Gasteiger partial charge in [-0.05, 0) is 32.9 Å². The molecule has 0 atom stereocenters. The molecular weight excluding hydrogens is 300 g/mol. The van der Waals surface area contributed by atoms with Gasteiger partial charge in [-0.1, -0.05) is 11.6 Å². The van der Waals surface area contributed by atoms with Crippen molar-refractivity contribution < 1.29 is 8.42 Å². The van der Waals surface area contributed by atoms with Gasteiger partial charge < -0.3 is 0 Å². The standard InChI is InChI=1S/C12H15ClN4O2S/c1-7-10(5-6-11(13)14-7)16-20(18,19)12-8(2)15-17(4)9(12)3/h5-6,16H,1-4H3. The van der Waals surface area contributed by atoms with E-state index in [0.29, 0.717) is 27.9 Å². The third-order valence-electron chi connectivity index (χ3n) is 3.01. The van der Waals surface area contributed by atoms with Crippen LogP contribution in [-0.2, 0) is 17.1 Å². The predicted octanol–water partition coefficient (Wildman–Crippen LogP) is 2.19. The summed E-state index contributed by atoms with van der Waals surface area (Å²) < 4.78 is 29.0. The molecule has 2 aromatic rings. The van der Waals surface area contributed by atoms with Crippen molar-refractivity contribution in [2.24, 2.45) is 7.05 Å². The monoisotopic (exact) mass is 314 g/mol. The Kier molecular flexibility index (Phi) is 3.75. The number of aryl methyl sites for hydroxylation is 3. The predicted molar refractivity (Wildman–Crippen MR) is 77.5 cm³/mol. The lowest BCUT2D eigenvalue weighted by molar-refractivity contribution is 0.599. The van der Waals surface area contributed by atoms with E-state index in [1.165, 1.54) is 10.7 Å². The maximum atomic E-state index is 12.5. The second-order valence-corrected chi connectivity index (χ2v) is 6.50. The number of hydrogen-bond acceptors (Lipinski definition) is 4. The topological polar surface area (TPSA) is 76.9 Å². The maximum Gasteiger partial charge on any atom is 0.265 e. The molecule has 0 aliphatic heterocycles. The Balaban J connectivity index is 2.46. The average Bonchev–Trinajstić information content (AvgIpc) is 2.57. The van der Waals surface area contributed by atoms with Gasteiger partial charge in [-0.25, -0.2) is 13.4 Å². The number of rotatable bonds is 3. The van der Waals surface area contributed by atoms with Crippen LogP contribution >= 0.6 is 11.6 Å². The number of nitrogens with zero attached hydrogens (tertiary/aromatic N) is 3. The number of aromatic nitrogens is 3. The van der Waals surface area contributed by atoms with Crippen LogP contribution in [0, 0.1) is 20.8 Å². The molecule has 1 N–H and O–H groups in total. The fourth-order valence-corrected chi connectivity index (χ4v) is 3.72. The van der Waals surface area contributed by atoms with E-state index in [2.05, 4.69) is 14.8 Å². The summed E-state index contributed by atoms with van der Waals surface area (Å²) in [4.78, 5) is 4.21. The number of nitrogens with one attached hydrogen (secondary N) is 1. The van der Waals surface area contributed by atoms with Crippen LogP contribution in [0.3, 0.4) is 0 Å². The highest BCUT2D eigenvalue weighted by Crippen LogP contribution is 2.24. The van der Waals surface area contributed by atoms with Crippen LogP contribution in [-0.4, -0.2) is 23.2 Å². The first kappa shape index (κ1) is 14.8. The van der Waals surface area contributed by atoms with E-state index >= 15 is 0 Å². The molecule has 0 aliphatic carbocycles. The maximum absolute atomic E-state index is 12.5. The van der Waals surface area contributed by atoms with Gasteiger partial charge >= 0.3 is 0 Å². The van der Waals surface area contributed by atoms with E-state index in [0.717, 1.165) is 0 Å². The Morgan fingerprint density at radius 1 is 1.20 bits per heavy atom. The SMILES string of the molecule is Cc1nc(Cl)ccc1NS(=O)(=O)c1c(C)nn(C)c1C. The highest BCUT2D eigenvalue weighted by Gasteiger charge is 2.24. The number of pyridine rings is 1. The van der Waals surface area contributed by atoms with Crippen molar-refractivity contribution in [1.29, 1.82) is 0 Å². The van der Waals surface area contributed by atoms with Gasteiger partial charge in [0.05, 0.1) is 22.8 Å². The third kappa shape index (κ3) is 2.64. The Morgan fingerprint density at radius 2 is 1.85 bits per heavy atom. The highest BCUT2D eigenvalue weighted by atomic mass is 35.5. The largest absolute Gasteiger partial charge is 0.278 e. The summed E-state index contributed by atoms with van der Waals surface area (Å²) in [5.41, 5.74) is 1.95. The molecule has 0 saturated heterocycles. The van der Waals surface area contributed by atoms with E-state index in [1.54, 1.807) is 33.9 Å². The van der Waals surface area contributed by atoms with Crippen molar-refractivity contribution in [2.45, 2.75) is 25.7 Å². The quantitative estimate of drug-likeness (QED) is 0.881. The second kappa shape index (κ2) is 5.06. The first-order chi connectivity index (χ1) is 9.22. The summed E-state index contributed by atoms with van der Waals surface area (Å²) >= 11 is 5.76. The molecule has 6 nitrogen and oxygen atoms in total. The smallest absolute Gasteiger partial charge is 0.265 e. The second-order valence-electron chi connectivity index (χ2n) is 4.50. The van der Waals surface area contributed by atoms with Crippen LogP contribution < -0.4 is 4.72 Å². The first-order valence-corrected chi connectivity index (χ1v) is 7.74. The van der Waals surface area contributed by atoms with Crippen LogP contribution in [0.1, 0.15) is 17.1 Å². The lowest BCUT2D eigenvalue weighted by atomic mass is 10.3. The highest BCUT2D eigenvalue weighted by molar-refractivity contribution is 7.92. The first-order valence-electron chi connectivity index (χ1n) is 5.88. The molecule has 0 fully saturated rings. The summed E-state index contributed by atoms with van der Waals surface area (Å²) in [6.45, 7) is 5.06. The van der Waals surface area contributed by atoms with Gasteiger partial charge in [0.1, 0.15) is 10.0 Å². The van der Waals surface area contributed by atoms with Crippen LogP contribution in [0.4, 0.5) is 5.69 Å². The molecule has 0 radical (unpaired) electrons. The number of hydrogen-bond donors (Lipinski definition) is 1. The molecule has 2 aromatic heterocycles. The van der Waals surface area contributed by atoms with Gasteiger partial charge in [-0.15, -0.1) is 0 Å². The Labute approximate surface area is 122 Å². The molecule has 2 heterocycles. The number of sulfonamides is 1. The van der Waals surface area contributed by atoms with Crippen LogP contribution in [0.5, 0.6) is 0 Å². The molecule has 108 valence electrons. The summed E-state index contributed by atoms with van der Waals surface area (Å²) in [5, 5.41) is 4.43. The van der Waals surface area contributed by atoms with E-state index < -0.39 is 10.0 Å². The Morgan fingerprint density at radius 3 is 2.35 bits per heavy atom. The minimum absolute atomic E-state index is 0.189. The minimum atomic E-state index is -3.71. The molecule has 0 bridgehead atoms. The summed E-state index contributed by atoms with van der Waals surface area (Å²) in [5.74, 6) is 0. The van der Waals surface area contributed by atoms with Gasteiger partial charge in [-0.3, -0.25) is 9.40 Å². The lowest BCUT2D eigenvalue weighted by Crippen LogP contribution is -2.16. The zero-order valence-corrected chi connectivity index (χ0v) is 13.2. The van der Waals surface area contributed by atoms with Crippen molar-refractivity contribution >= 4 is 27.3 Å². The third-order valence-corrected chi connectivity index (χ3v) is 4.83. The molecule has 0 saturated carbocycles. The molecule has 8 heteroatoms. The molecule has 0 spiro atoms. The zero-order valence-electron chi connectivity index (χ0n) is 11.6. The van der Waals surface area contributed by atoms with E-state index in [4.69, 9.17) is 11.6 Å². The van der Waals surface area contributed by atoms with E-state index in [9.17, 15) is 8.42 Å². The lowest BCUT2D eigenvalue weighted by Gasteiger charge is -2.10. The van der Waals surface area contributed by atoms with Crippen molar-refractivity contribution in [3.8, 4) is 0 Å².